The van der Waals surface area contributed by atoms with Gasteiger partial charge < -0.3 is 10.6 Å². The molecule has 1 unspecified atom stereocenters. The summed E-state index contributed by atoms with van der Waals surface area (Å²) in [6, 6.07) is 7.72. The van der Waals surface area contributed by atoms with E-state index in [2.05, 4.69) is 24.5 Å². The number of para-hydroxylation sites is 1. The lowest BCUT2D eigenvalue weighted by Gasteiger charge is -2.23. The molecule has 1 atom stereocenters. The van der Waals surface area contributed by atoms with Crippen molar-refractivity contribution in [1.82, 2.24) is 5.32 Å². The lowest BCUT2D eigenvalue weighted by atomic mass is 10.0. The molecule has 1 aromatic rings. The van der Waals surface area contributed by atoms with E-state index in [1.54, 1.807) is 0 Å². The molecular formula is C16H24N2O3S. The summed E-state index contributed by atoms with van der Waals surface area (Å²) >= 11 is 0. The molecule has 0 radical (unpaired) electrons. The van der Waals surface area contributed by atoms with Gasteiger partial charge in [0, 0.05) is 11.2 Å². The second-order valence-electron chi connectivity index (χ2n) is 6.55. The molecule has 1 saturated heterocycles. The quantitative estimate of drug-likeness (QED) is 0.867. The van der Waals surface area contributed by atoms with E-state index in [4.69, 9.17) is 0 Å². The number of anilines is 1. The Morgan fingerprint density at radius 1 is 1.32 bits per heavy atom. The van der Waals surface area contributed by atoms with Crippen LogP contribution in [0.15, 0.2) is 24.3 Å². The minimum atomic E-state index is -2.97. The van der Waals surface area contributed by atoms with Crippen molar-refractivity contribution in [2.75, 3.05) is 23.4 Å². The summed E-state index contributed by atoms with van der Waals surface area (Å²) in [7, 11) is -2.97. The average Bonchev–Trinajstić information content (AvgIpc) is 2.71. The van der Waals surface area contributed by atoms with Crippen molar-refractivity contribution in [3.63, 3.8) is 0 Å². The largest absolute Gasteiger partial charge is 0.325 e. The zero-order chi connectivity index (χ0) is 16.4. The van der Waals surface area contributed by atoms with Gasteiger partial charge in [0.2, 0.25) is 5.91 Å². The summed E-state index contributed by atoms with van der Waals surface area (Å²) in [5.74, 6) is 0.449. The Labute approximate surface area is 132 Å². The third kappa shape index (κ3) is 4.30. The SMILES string of the molecule is CC(C)c1ccccc1NC(=O)CNC1(C)CCS(=O)(=O)C1. The molecule has 1 aliphatic rings. The number of amides is 1. The molecule has 2 N–H and O–H groups in total. The molecule has 0 saturated carbocycles. The average molecular weight is 324 g/mol. The first-order chi connectivity index (χ1) is 10.2. The van der Waals surface area contributed by atoms with Crippen LogP contribution in [0.25, 0.3) is 0 Å². The number of carbonyl (C=O) groups is 1. The molecule has 2 rings (SSSR count). The van der Waals surface area contributed by atoms with E-state index in [0.29, 0.717) is 12.3 Å². The molecule has 22 heavy (non-hydrogen) atoms. The molecule has 0 bridgehead atoms. The van der Waals surface area contributed by atoms with Crippen LogP contribution in [0.3, 0.4) is 0 Å². The molecule has 1 amide bonds. The number of hydrogen-bond donors (Lipinski definition) is 2. The minimum absolute atomic E-state index is 0.0931. The van der Waals surface area contributed by atoms with Crippen molar-refractivity contribution >= 4 is 21.4 Å². The normalized spacial score (nSPS) is 23.6. The van der Waals surface area contributed by atoms with Crippen molar-refractivity contribution in [3.05, 3.63) is 29.8 Å². The number of sulfone groups is 1. The van der Waals surface area contributed by atoms with Crippen molar-refractivity contribution in [2.24, 2.45) is 0 Å². The number of benzene rings is 1. The van der Waals surface area contributed by atoms with Crippen molar-refractivity contribution in [1.29, 1.82) is 0 Å². The Balaban J connectivity index is 1.94. The fourth-order valence-electron chi connectivity index (χ4n) is 2.75. The molecule has 5 nitrogen and oxygen atoms in total. The van der Waals surface area contributed by atoms with E-state index in [-0.39, 0.29) is 24.0 Å². The fraction of sp³-hybridized carbons (Fsp3) is 0.562. The van der Waals surface area contributed by atoms with Crippen LogP contribution in [0.5, 0.6) is 0 Å². The molecule has 1 aromatic carbocycles. The van der Waals surface area contributed by atoms with E-state index in [0.717, 1.165) is 11.3 Å². The van der Waals surface area contributed by atoms with Crippen LogP contribution in [0.1, 0.15) is 38.7 Å². The van der Waals surface area contributed by atoms with Crippen LogP contribution in [-0.4, -0.2) is 37.9 Å². The monoisotopic (exact) mass is 324 g/mol. The second kappa shape index (κ2) is 6.38. The topological polar surface area (TPSA) is 75.3 Å². The van der Waals surface area contributed by atoms with Crippen LogP contribution in [0.2, 0.25) is 0 Å². The van der Waals surface area contributed by atoms with E-state index in [1.165, 1.54) is 0 Å². The number of nitrogens with one attached hydrogen (secondary N) is 2. The van der Waals surface area contributed by atoms with Gasteiger partial charge in [0.15, 0.2) is 9.84 Å². The summed E-state index contributed by atoms with van der Waals surface area (Å²) in [4.78, 5) is 12.1. The Kier molecular flexibility index (Phi) is 4.92. The smallest absolute Gasteiger partial charge is 0.238 e. The summed E-state index contributed by atoms with van der Waals surface area (Å²) in [5.41, 5.74) is 1.40. The van der Waals surface area contributed by atoms with Gasteiger partial charge in [0.1, 0.15) is 0 Å². The second-order valence-corrected chi connectivity index (χ2v) is 8.73. The maximum Gasteiger partial charge on any atom is 0.238 e. The van der Waals surface area contributed by atoms with E-state index < -0.39 is 15.4 Å². The van der Waals surface area contributed by atoms with Crippen molar-refractivity contribution in [2.45, 2.75) is 38.6 Å². The first-order valence-corrected chi connectivity index (χ1v) is 9.37. The Morgan fingerprint density at radius 3 is 2.59 bits per heavy atom. The van der Waals surface area contributed by atoms with Gasteiger partial charge in [-0.15, -0.1) is 0 Å². The standard InChI is InChI=1S/C16H24N2O3S/c1-12(2)13-6-4-5-7-14(13)18-15(19)10-17-16(3)8-9-22(20,21)11-16/h4-7,12,17H,8-11H2,1-3H3,(H,18,19). The van der Waals surface area contributed by atoms with Crippen LogP contribution in [0.4, 0.5) is 5.69 Å². The molecule has 1 fully saturated rings. The van der Waals surface area contributed by atoms with Crippen molar-refractivity contribution < 1.29 is 13.2 Å². The third-order valence-corrected chi connectivity index (χ3v) is 5.94. The van der Waals surface area contributed by atoms with Gasteiger partial charge in [-0.05, 0) is 30.9 Å². The zero-order valence-corrected chi connectivity index (χ0v) is 14.2. The molecule has 0 aromatic heterocycles. The lowest BCUT2D eigenvalue weighted by molar-refractivity contribution is -0.115. The highest BCUT2D eigenvalue weighted by molar-refractivity contribution is 7.91. The maximum atomic E-state index is 12.1. The first kappa shape index (κ1) is 17.0. The predicted molar refractivity (Wildman–Crippen MR) is 88.8 cm³/mol. The molecule has 1 aliphatic heterocycles. The van der Waals surface area contributed by atoms with Gasteiger partial charge in [0.25, 0.3) is 0 Å². The van der Waals surface area contributed by atoms with E-state index in [9.17, 15) is 13.2 Å². The number of hydrogen-bond acceptors (Lipinski definition) is 4. The predicted octanol–water partition coefficient (Wildman–Crippen LogP) is 1.92. The highest BCUT2D eigenvalue weighted by Gasteiger charge is 2.38. The van der Waals surface area contributed by atoms with E-state index >= 15 is 0 Å². The van der Waals surface area contributed by atoms with E-state index in [1.807, 2.05) is 31.2 Å². The fourth-order valence-corrected chi connectivity index (χ4v) is 4.88. The minimum Gasteiger partial charge on any atom is -0.325 e. The lowest BCUT2D eigenvalue weighted by Crippen LogP contribution is -2.46. The van der Waals surface area contributed by atoms with Gasteiger partial charge in [0.05, 0.1) is 18.1 Å². The van der Waals surface area contributed by atoms with Gasteiger partial charge in [-0.2, -0.15) is 0 Å². The van der Waals surface area contributed by atoms with Crippen LogP contribution < -0.4 is 10.6 Å². The van der Waals surface area contributed by atoms with Gasteiger partial charge in [-0.25, -0.2) is 8.42 Å². The van der Waals surface area contributed by atoms with Gasteiger partial charge in [-0.3, -0.25) is 4.79 Å². The van der Waals surface area contributed by atoms with Crippen LogP contribution in [-0.2, 0) is 14.6 Å². The zero-order valence-electron chi connectivity index (χ0n) is 13.3. The molecule has 122 valence electrons. The summed E-state index contributed by atoms with van der Waals surface area (Å²) in [5, 5.41) is 5.99. The Hall–Kier alpha value is -1.40. The summed E-state index contributed by atoms with van der Waals surface area (Å²) in [6.45, 7) is 6.12. The highest BCUT2D eigenvalue weighted by atomic mass is 32.2. The molecular weight excluding hydrogens is 300 g/mol. The summed E-state index contributed by atoms with van der Waals surface area (Å²) in [6.07, 6.45) is 0.547. The van der Waals surface area contributed by atoms with Gasteiger partial charge in [-0.1, -0.05) is 32.0 Å². The molecule has 1 heterocycles. The number of carbonyl (C=O) groups excluding carboxylic acids is 1. The highest BCUT2D eigenvalue weighted by Crippen LogP contribution is 2.24. The molecule has 0 spiro atoms. The molecule has 0 aliphatic carbocycles. The van der Waals surface area contributed by atoms with Crippen molar-refractivity contribution in [3.8, 4) is 0 Å². The first-order valence-electron chi connectivity index (χ1n) is 7.55. The summed E-state index contributed by atoms with van der Waals surface area (Å²) < 4.78 is 23.1. The Morgan fingerprint density at radius 2 is 2.00 bits per heavy atom. The maximum absolute atomic E-state index is 12.1. The van der Waals surface area contributed by atoms with Crippen LogP contribution in [0, 0.1) is 0 Å². The third-order valence-electron chi connectivity index (χ3n) is 4.04. The van der Waals surface area contributed by atoms with Crippen LogP contribution >= 0.6 is 0 Å². The van der Waals surface area contributed by atoms with Gasteiger partial charge >= 0.3 is 0 Å². The molecule has 6 heteroatoms. The Bertz CT molecular complexity index is 655. The number of rotatable bonds is 5.